The minimum absolute atomic E-state index is 0.00478. The van der Waals surface area contributed by atoms with Gasteiger partial charge in [0.15, 0.2) is 0 Å². The Morgan fingerprint density at radius 1 is 0.565 bits per heavy atom. The minimum Gasteiger partial charge on any atom is -0.335 e. The highest BCUT2D eigenvalue weighted by atomic mass is 15.3. The van der Waals surface area contributed by atoms with Gasteiger partial charge in [0.25, 0.3) is 6.71 Å². The summed E-state index contributed by atoms with van der Waals surface area (Å²) >= 11 is 0. The van der Waals surface area contributed by atoms with Crippen LogP contribution in [0, 0.1) is 6.92 Å². The summed E-state index contributed by atoms with van der Waals surface area (Å²) in [5.41, 5.74) is 24.1. The first-order valence-corrected chi connectivity index (χ1v) is 23.0. The number of benzene rings is 7. The molecule has 3 aliphatic heterocycles. The van der Waals surface area contributed by atoms with Crippen molar-refractivity contribution in [3.05, 3.63) is 173 Å². The standard InChI is InChI=1S/C58H56BN3/c1-37-31-51-53-52(32-37)62-54-47(57(7)29-17-18-30-58(57,62)8)33-38(55(2,3)4)34-49(54)59(53)48-28-26-42(60(39-19-11-9-12-20-39)40-21-13-10-14-22-40)36-50(48)61(51)41-25-27-44-43-23-15-16-24-45(43)56(5,6)46(44)35-41/h9-16,19-28,31-36H,17-18,29-30H2,1-8H3. The van der Waals surface area contributed by atoms with Gasteiger partial charge in [0.2, 0.25) is 0 Å². The van der Waals surface area contributed by atoms with Crippen LogP contribution in [0.15, 0.2) is 146 Å². The van der Waals surface area contributed by atoms with E-state index < -0.39 is 0 Å². The second-order valence-corrected chi connectivity index (χ2v) is 21.0. The molecular formula is C58H56BN3. The summed E-state index contributed by atoms with van der Waals surface area (Å²) in [7, 11) is 0. The smallest absolute Gasteiger partial charge is 0.252 e. The van der Waals surface area contributed by atoms with Crippen molar-refractivity contribution in [3.63, 3.8) is 0 Å². The number of anilines is 8. The van der Waals surface area contributed by atoms with E-state index in [-0.39, 0.29) is 28.5 Å². The summed E-state index contributed by atoms with van der Waals surface area (Å²) in [6.45, 7) is 19.6. The lowest BCUT2D eigenvalue weighted by Crippen LogP contribution is -2.64. The Labute approximate surface area is 369 Å². The van der Waals surface area contributed by atoms with Crippen molar-refractivity contribution >= 4 is 68.6 Å². The maximum Gasteiger partial charge on any atom is 0.252 e. The maximum atomic E-state index is 2.87. The number of hydrogen-bond donors (Lipinski definition) is 0. The lowest BCUT2D eigenvalue weighted by atomic mass is 9.33. The van der Waals surface area contributed by atoms with Gasteiger partial charge in [-0.15, -0.1) is 0 Å². The Kier molecular flexibility index (Phi) is 7.78. The van der Waals surface area contributed by atoms with Crippen LogP contribution in [-0.2, 0) is 16.2 Å². The largest absolute Gasteiger partial charge is 0.335 e. The third-order valence-corrected chi connectivity index (χ3v) is 16.1. The summed E-state index contributed by atoms with van der Waals surface area (Å²) in [6.07, 6.45) is 4.95. The van der Waals surface area contributed by atoms with Crippen LogP contribution < -0.4 is 31.1 Å². The Balaban J connectivity index is 1.17. The van der Waals surface area contributed by atoms with Gasteiger partial charge in [-0.05, 0) is 148 Å². The molecule has 3 heterocycles. The van der Waals surface area contributed by atoms with Crippen LogP contribution in [0.25, 0.3) is 11.1 Å². The number of fused-ring (bicyclic) bond motifs is 10. The van der Waals surface area contributed by atoms with Crippen LogP contribution in [0.4, 0.5) is 45.5 Å². The third-order valence-electron chi connectivity index (χ3n) is 16.1. The van der Waals surface area contributed by atoms with Gasteiger partial charge in [-0.3, -0.25) is 0 Å². The topological polar surface area (TPSA) is 9.72 Å². The fourth-order valence-corrected chi connectivity index (χ4v) is 12.7. The average Bonchev–Trinajstić information content (AvgIpc) is 3.62. The number of hydrogen-bond acceptors (Lipinski definition) is 3. The van der Waals surface area contributed by atoms with Gasteiger partial charge in [-0.1, -0.05) is 139 Å². The summed E-state index contributed by atoms with van der Waals surface area (Å²) in [5, 5.41) is 0. The molecular weight excluding hydrogens is 749 g/mol. The van der Waals surface area contributed by atoms with Gasteiger partial charge in [-0.25, -0.2) is 0 Å². The molecule has 0 N–H and O–H groups in total. The van der Waals surface area contributed by atoms with Gasteiger partial charge >= 0.3 is 0 Å². The SMILES string of the molecule is Cc1cc2c3c(c1)N1c4c(cc(C(C)(C)C)cc4C4(C)CCCCC14C)B3c1ccc(N(c3ccccc3)c3ccccc3)cc1N2c1ccc2c(c1)C(C)(C)c1ccccc1-2. The highest BCUT2D eigenvalue weighted by Gasteiger charge is 2.61. The Bertz CT molecular complexity index is 2960. The first-order valence-electron chi connectivity index (χ1n) is 23.0. The first-order chi connectivity index (χ1) is 29.8. The molecule has 0 aromatic heterocycles. The van der Waals surface area contributed by atoms with Crippen molar-refractivity contribution in [3.8, 4) is 11.1 Å². The lowest BCUT2D eigenvalue weighted by Gasteiger charge is -2.53. The zero-order valence-electron chi connectivity index (χ0n) is 37.6. The third kappa shape index (κ3) is 4.95. The Morgan fingerprint density at radius 2 is 1.23 bits per heavy atom. The van der Waals surface area contributed by atoms with Gasteiger partial charge in [0.05, 0.1) is 5.54 Å². The lowest BCUT2D eigenvalue weighted by molar-refractivity contribution is 0.195. The summed E-state index contributed by atoms with van der Waals surface area (Å²) < 4.78 is 0. The predicted molar refractivity (Wildman–Crippen MR) is 264 cm³/mol. The predicted octanol–water partition coefficient (Wildman–Crippen LogP) is 13.4. The fourth-order valence-electron chi connectivity index (χ4n) is 12.7. The molecule has 2 atom stereocenters. The molecule has 3 nitrogen and oxygen atoms in total. The van der Waals surface area contributed by atoms with E-state index in [0.29, 0.717) is 0 Å². The molecule has 1 saturated carbocycles. The summed E-state index contributed by atoms with van der Waals surface area (Å²) in [6, 6.07) is 55.7. The van der Waals surface area contributed by atoms with Crippen LogP contribution in [0.3, 0.4) is 0 Å². The highest BCUT2D eigenvalue weighted by molar-refractivity contribution is 7.00. The van der Waals surface area contributed by atoms with E-state index in [1.165, 1.54) is 104 Å². The second kappa shape index (κ2) is 12.8. The molecule has 4 heteroatoms. The van der Waals surface area contributed by atoms with Crippen molar-refractivity contribution in [1.82, 2.24) is 0 Å². The molecule has 7 aromatic rings. The molecule has 62 heavy (non-hydrogen) atoms. The van der Waals surface area contributed by atoms with E-state index in [2.05, 4.69) is 216 Å². The van der Waals surface area contributed by atoms with Crippen LogP contribution in [0.2, 0.25) is 0 Å². The molecule has 0 bridgehead atoms. The normalized spacial score (nSPS) is 20.8. The van der Waals surface area contributed by atoms with Crippen LogP contribution in [0.1, 0.15) is 102 Å². The second-order valence-electron chi connectivity index (χ2n) is 21.0. The number of para-hydroxylation sites is 2. The fraction of sp³-hybridized carbons (Fsp3) is 0.276. The quantitative estimate of drug-likeness (QED) is 0.164. The van der Waals surface area contributed by atoms with E-state index >= 15 is 0 Å². The Morgan fingerprint density at radius 3 is 1.95 bits per heavy atom. The minimum atomic E-state index is -0.122. The molecule has 12 rings (SSSR count). The van der Waals surface area contributed by atoms with Crippen LogP contribution in [-0.4, -0.2) is 12.3 Å². The molecule has 0 spiro atoms. The van der Waals surface area contributed by atoms with Crippen molar-refractivity contribution in [1.29, 1.82) is 0 Å². The molecule has 306 valence electrons. The first kappa shape index (κ1) is 37.7. The molecule has 5 aliphatic rings. The molecule has 2 aliphatic carbocycles. The highest BCUT2D eigenvalue weighted by Crippen LogP contribution is 2.62. The van der Waals surface area contributed by atoms with Gasteiger partial charge < -0.3 is 14.7 Å². The van der Waals surface area contributed by atoms with Crippen LogP contribution >= 0.6 is 0 Å². The van der Waals surface area contributed by atoms with E-state index in [0.717, 1.165) is 17.1 Å². The zero-order chi connectivity index (χ0) is 42.5. The molecule has 2 unspecified atom stereocenters. The summed E-state index contributed by atoms with van der Waals surface area (Å²) in [5.74, 6) is 0. The van der Waals surface area contributed by atoms with Gasteiger partial charge in [0.1, 0.15) is 0 Å². The number of aryl methyl sites for hydroxylation is 1. The van der Waals surface area contributed by atoms with E-state index in [4.69, 9.17) is 0 Å². The van der Waals surface area contributed by atoms with Crippen molar-refractivity contribution < 1.29 is 0 Å². The molecule has 0 amide bonds. The molecule has 7 aromatic carbocycles. The van der Waals surface area contributed by atoms with E-state index in [1.54, 1.807) is 5.56 Å². The maximum absolute atomic E-state index is 2.87. The average molecular weight is 806 g/mol. The number of rotatable bonds is 4. The molecule has 0 radical (unpaired) electrons. The zero-order valence-corrected chi connectivity index (χ0v) is 37.6. The van der Waals surface area contributed by atoms with Crippen molar-refractivity contribution in [2.24, 2.45) is 0 Å². The van der Waals surface area contributed by atoms with Gasteiger partial charge in [0, 0.05) is 56.3 Å². The van der Waals surface area contributed by atoms with E-state index in [9.17, 15) is 0 Å². The van der Waals surface area contributed by atoms with Crippen molar-refractivity contribution in [2.75, 3.05) is 14.7 Å². The molecule has 1 fully saturated rings. The molecule has 0 saturated heterocycles. The number of nitrogens with zero attached hydrogens (tertiary/aromatic N) is 3. The van der Waals surface area contributed by atoms with Crippen LogP contribution in [0.5, 0.6) is 0 Å². The monoisotopic (exact) mass is 805 g/mol. The summed E-state index contributed by atoms with van der Waals surface area (Å²) in [4.78, 5) is 7.94. The van der Waals surface area contributed by atoms with Crippen molar-refractivity contribution in [2.45, 2.75) is 103 Å². The van der Waals surface area contributed by atoms with E-state index in [1.807, 2.05) is 0 Å². The van der Waals surface area contributed by atoms with Gasteiger partial charge in [-0.2, -0.15) is 0 Å². The Hall–Kier alpha value is -6.00.